The molecule has 0 aliphatic carbocycles. The Labute approximate surface area is 47.3 Å². The van der Waals surface area contributed by atoms with Gasteiger partial charge in [-0.3, -0.25) is 0 Å². The highest BCUT2D eigenvalue weighted by Crippen LogP contribution is 1.55. The van der Waals surface area contributed by atoms with Crippen LogP contribution in [0.2, 0.25) is 0 Å². The Balaban J connectivity index is 3.11. The quantitative estimate of drug-likeness (QED) is 0.460. The molecule has 0 unspecified atom stereocenters. The van der Waals surface area contributed by atoms with Crippen molar-refractivity contribution in [2.45, 2.75) is 0 Å². The molecule has 0 rings (SSSR count). The summed E-state index contributed by atoms with van der Waals surface area (Å²) in [6.45, 7) is 0.0691. The van der Waals surface area contributed by atoms with Gasteiger partial charge < -0.3 is 15.4 Å². The number of carbonyl (C=O) groups is 2. The van der Waals surface area contributed by atoms with Gasteiger partial charge in [-0.2, -0.15) is 0 Å². The highest BCUT2D eigenvalue weighted by atomic mass is 16.2. The van der Waals surface area contributed by atoms with Gasteiger partial charge in [0, 0.05) is 7.05 Å². The van der Waals surface area contributed by atoms with E-state index < -0.39 is 0 Å². The average Bonchev–Trinajstić information content (AvgIpc) is 1.83. The molecule has 0 fully saturated rings. The summed E-state index contributed by atoms with van der Waals surface area (Å²) in [6.07, 6.45) is 0.620. The van der Waals surface area contributed by atoms with Crippen LogP contribution < -0.4 is 10.6 Å². The monoisotopic (exact) mass is 116 g/mol. The van der Waals surface area contributed by atoms with Crippen LogP contribution in [0.5, 0.6) is 0 Å². The van der Waals surface area contributed by atoms with Gasteiger partial charge in [-0.15, -0.1) is 0 Å². The number of hydrogen-bond donors (Lipinski definition) is 2. The minimum Gasteiger partial charge on any atom is -0.341 e. The summed E-state index contributed by atoms with van der Waals surface area (Å²) in [7, 11) is 1.49. The molecule has 2 amide bonds. The van der Waals surface area contributed by atoms with E-state index in [4.69, 9.17) is 0 Å². The molecule has 0 saturated heterocycles. The van der Waals surface area contributed by atoms with Crippen molar-refractivity contribution in [2.24, 2.45) is 0 Å². The molecule has 0 heterocycles. The Hall–Kier alpha value is -1.06. The third kappa shape index (κ3) is 3.14. The molecule has 8 heavy (non-hydrogen) atoms. The van der Waals surface area contributed by atoms with Gasteiger partial charge in [0.2, 0.25) is 0 Å². The molecule has 0 bridgehead atoms. The predicted octanol–water partition coefficient (Wildman–Crippen LogP) is -0.886. The minimum atomic E-state index is -0.336. The molecule has 0 aliphatic heterocycles. The van der Waals surface area contributed by atoms with Gasteiger partial charge in [0.15, 0.2) is 0 Å². The third-order valence-electron chi connectivity index (χ3n) is 0.573. The van der Waals surface area contributed by atoms with E-state index in [0.717, 1.165) is 0 Å². The Morgan fingerprint density at radius 2 is 2.38 bits per heavy atom. The molecule has 4 heteroatoms. The lowest BCUT2D eigenvalue weighted by Crippen LogP contribution is -2.33. The van der Waals surface area contributed by atoms with Gasteiger partial charge in [0.25, 0.3) is 0 Å². The molecule has 0 spiro atoms. The maximum atomic E-state index is 10.2. The number of carbonyl (C=O) groups excluding carboxylic acids is 2. The van der Waals surface area contributed by atoms with Crippen molar-refractivity contribution in [3.05, 3.63) is 0 Å². The second-order valence-corrected chi connectivity index (χ2v) is 1.13. The van der Waals surface area contributed by atoms with E-state index in [1.807, 2.05) is 0 Å². The smallest absolute Gasteiger partial charge is 0.314 e. The van der Waals surface area contributed by atoms with Crippen LogP contribution >= 0.6 is 0 Å². The first-order valence-corrected chi connectivity index (χ1v) is 2.20. The molecule has 0 atom stereocenters. The number of aldehydes is 1. The summed E-state index contributed by atoms with van der Waals surface area (Å²) < 4.78 is 0. The van der Waals surface area contributed by atoms with Gasteiger partial charge in [-0.25, -0.2) is 4.79 Å². The maximum absolute atomic E-state index is 10.2. The lowest BCUT2D eigenvalue weighted by molar-refractivity contribution is -0.107. The summed E-state index contributed by atoms with van der Waals surface area (Å²) in [5.41, 5.74) is 0. The van der Waals surface area contributed by atoms with E-state index in [1.54, 1.807) is 0 Å². The van der Waals surface area contributed by atoms with Crippen molar-refractivity contribution in [1.29, 1.82) is 0 Å². The van der Waals surface area contributed by atoms with Crippen LogP contribution in [0.4, 0.5) is 4.79 Å². The zero-order chi connectivity index (χ0) is 6.41. The first-order chi connectivity index (χ1) is 3.81. The van der Waals surface area contributed by atoms with Crippen molar-refractivity contribution < 1.29 is 9.59 Å². The summed E-state index contributed by atoms with van der Waals surface area (Å²) in [4.78, 5) is 19.8. The minimum absolute atomic E-state index is 0.0691. The molecule has 0 aromatic carbocycles. The fourth-order valence-corrected chi connectivity index (χ4v) is 0.223. The van der Waals surface area contributed by atoms with Crippen molar-refractivity contribution in [1.82, 2.24) is 10.6 Å². The third-order valence-corrected chi connectivity index (χ3v) is 0.573. The number of hydrogen-bond acceptors (Lipinski definition) is 2. The van der Waals surface area contributed by atoms with E-state index >= 15 is 0 Å². The Kier molecular flexibility index (Phi) is 3.56. The second kappa shape index (κ2) is 4.11. The molecule has 0 aromatic heterocycles. The summed E-state index contributed by atoms with van der Waals surface area (Å²) in [5.74, 6) is 0. The lowest BCUT2D eigenvalue weighted by atomic mass is 10.7. The first kappa shape index (κ1) is 6.94. The van der Waals surface area contributed by atoms with Gasteiger partial charge in [0.1, 0.15) is 6.29 Å². The normalized spacial score (nSPS) is 7.62. The number of urea groups is 1. The highest BCUT2D eigenvalue weighted by Gasteiger charge is 1.89. The van der Waals surface area contributed by atoms with E-state index in [0.29, 0.717) is 6.29 Å². The number of rotatable bonds is 2. The van der Waals surface area contributed by atoms with E-state index in [2.05, 4.69) is 10.6 Å². The van der Waals surface area contributed by atoms with E-state index in [9.17, 15) is 9.59 Å². The zero-order valence-corrected chi connectivity index (χ0v) is 4.60. The standard InChI is InChI=1S/C4H8N2O2/c1-5-4(8)6-2-3-7/h3H,2H2,1H3,(H2,5,6,8). The van der Waals surface area contributed by atoms with E-state index in [1.165, 1.54) is 7.05 Å². The molecule has 0 aliphatic rings. The summed E-state index contributed by atoms with van der Waals surface area (Å²) in [5, 5.41) is 4.55. The molecule has 0 radical (unpaired) electrons. The second-order valence-electron chi connectivity index (χ2n) is 1.13. The topological polar surface area (TPSA) is 58.2 Å². The van der Waals surface area contributed by atoms with Crippen LogP contribution in [0.1, 0.15) is 0 Å². The number of nitrogens with one attached hydrogen (secondary N) is 2. The largest absolute Gasteiger partial charge is 0.341 e. The SMILES string of the molecule is CNC(=O)NCC=O. The molecule has 0 saturated carbocycles. The summed E-state index contributed by atoms with van der Waals surface area (Å²) >= 11 is 0. The number of amides is 2. The van der Waals surface area contributed by atoms with Crippen LogP contribution in [-0.4, -0.2) is 25.9 Å². The Morgan fingerprint density at radius 1 is 1.75 bits per heavy atom. The molecule has 0 aromatic rings. The molecule has 4 nitrogen and oxygen atoms in total. The average molecular weight is 116 g/mol. The van der Waals surface area contributed by atoms with Gasteiger partial charge in [-0.05, 0) is 0 Å². The maximum Gasteiger partial charge on any atom is 0.314 e. The zero-order valence-electron chi connectivity index (χ0n) is 4.60. The van der Waals surface area contributed by atoms with E-state index in [-0.39, 0.29) is 12.6 Å². The Morgan fingerprint density at radius 3 is 2.75 bits per heavy atom. The predicted molar refractivity (Wildman–Crippen MR) is 28.5 cm³/mol. The van der Waals surface area contributed by atoms with Crippen molar-refractivity contribution in [3.63, 3.8) is 0 Å². The van der Waals surface area contributed by atoms with Crippen molar-refractivity contribution in [3.8, 4) is 0 Å². The molecule has 2 N–H and O–H groups in total. The first-order valence-electron chi connectivity index (χ1n) is 2.20. The van der Waals surface area contributed by atoms with Crippen LogP contribution in [0.3, 0.4) is 0 Å². The van der Waals surface area contributed by atoms with Crippen molar-refractivity contribution in [2.75, 3.05) is 13.6 Å². The molecular formula is C4H8N2O2. The van der Waals surface area contributed by atoms with Gasteiger partial charge in [0.05, 0.1) is 6.54 Å². The fraction of sp³-hybridized carbons (Fsp3) is 0.500. The van der Waals surface area contributed by atoms with Crippen LogP contribution in [0, 0.1) is 0 Å². The Bertz CT molecular complexity index is 92.0. The summed E-state index contributed by atoms with van der Waals surface area (Å²) in [6, 6.07) is -0.336. The van der Waals surface area contributed by atoms with Gasteiger partial charge >= 0.3 is 6.03 Å². The highest BCUT2D eigenvalue weighted by molar-refractivity contribution is 5.75. The van der Waals surface area contributed by atoms with Crippen LogP contribution in [0.15, 0.2) is 0 Å². The van der Waals surface area contributed by atoms with Gasteiger partial charge in [-0.1, -0.05) is 0 Å². The lowest BCUT2D eigenvalue weighted by Gasteiger charge is -1.95. The fourth-order valence-electron chi connectivity index (χ4n) is 0.223. The molecule has 46 valence electrons. The van der Waals surface area contributed by atoms with Crippen LogP contribution in [0.25, 0.3) is 0 Å². The molecular weight excluding hydrogens is 108 g/mol. The van der Waals surface area contributed by atoms with Crippen molar-refractivity contribution >= 4 is 12.3 Å². The van der Waals surface area contributed by atoms with Crippen LogP contribution in [-0.2, 0) is 4.79 Å².